The summed E-state index contributed by atoms with van der Waals surface area (Å²) in [7, 11) is 0. The second kappa shape index (κ2) is 5.53. The zero-order chi connectivity index (χ0) is 13.1. The van der Waals surface area contributed by atoms with Crippen LogP contribution in [0.1, 0.15) is 44.3 Å². The molecule has 1 aromatic heterocycles. The Balaban J connectivity index is 1.61. The fraction of sp³-hybridized carbons (Fsp3) is 0.600. The van der Waals surface area contributed by atoms with Gasteiger partial charge in [-0.15, -0.1) is 0 Å². The molecule has 3 nitrogen and oxygen atoms in total. The van der Waals surface area contributed by atoms with Crippen LogP contribution in [-0.4, -0.2) is 22.4 Å². The van der Waals surface area contributed by atoms with E-state index in [0.717, 1.165) is 17.4 Å². The Bertz CT molecular complexity index is 452. The highest BCUT2D eigenvalue weighted by atomic mass is 32.2. The minimum absolute atomic E-state index is 0.227. The van der Waals surface area contributed by atoms with Crippen molar-refractivity contribution >= 4 is 16.9 Å². The summed E-state index contributed by atoms with van der Waals surface area (Å²) in [5.41, 5.74) is 1.59. The maximum atomic E-state index is 4.77. The minimum Gasteiger partial charge on any atom is -0.357 e. The van der Waals surface area contributed by atoms with Gasteiger partial charge >= 0.3 is 0 Å². The third kappa shape index (κ3) is 2.94. The number of rotatable bonds is 2. The highest BCUT2D eigenvalue weighted by Crippen LogP contribution is 2.43. The number of amidine groups is 1. The van der Waals surface area contributed by atoms with Gasteiger partial charge in [0.1, 0.15) is 0 Å². The summed E-state index contributed by atoms with van der Waals surface area (Å²) in [5, 5.41) is 4.59. The van der Waals surface area contributed by atoms with Crippen LogP contribution in [0.3, 0.4) is 0 Å². The average molecular weight is 275 g/mol. The molecule has 1 fully saturated rings. The molecule has 19 heavy (non-hydrogen) atoms. The van der Waals surface area contributed by atoms with E-state index in [4.69, 9.17) is 4.99 Å². The number of hydrogen-bond donors (Lipinski definition) is 1. The first-order chi connectivity index (χ1) is 9.27. The van der Waals surface area contributed by atoms with E-state index in [2.05, 4.69) is 23.3 Å². The van der Waals surface area contributed by atoms with Crippen molar-refractivity contribution in [1.29, 1.82) is 0 Å². The molecule has 1 atom stereocenters. The van der Waals surface area contributed by atoms with Crippen LogP contribution in [-0.2, 0) is 0 Å². The van der Waals surface area contributed by atoms with Gasteiger partial charge in [0.15, 0.2) is 5.17 Å². The monoisotopic (exact) mass is 275 g/mol. The summed E-state index contributed by atoms with van der Waals surface area (Å²) < 4.78 is 0. The molecule has 1 N–H and O–H groups in total. The predicted molar refractivity (Wildman–Crippen MR) is 81.4 cm³/mol. The van der Waals surface area contributed by atoms with E-state index in [9.17, 15) is 0 Å². The van der Waals surface area contributed by atoms with Crippen molar-refractivity contribution in [2.45, 2.75) is 38.6 Å². The van der Waals surface area contributed by atoms with Crippen LogP contribution >= 0.6 is 11.8 Å². The van der Waals surface area contributed by atoms with Gasteiger partial charge in [0.05, 0.1) is 11.7 Å². The van der Waals surface area contributed by atoms with E-state index in [0.29, 0.717) is 5.41 Å². The lowest BCUT2D eigenvalue weighted by Gasteiger charge is -2.31. The molecule has 1 saturated carbocycles. The van der Waals surface area contributed by atoms with Crippen LogP contribution in [0, 0.1) is 5.41 Å². The molecule has 1 aliphatic carbocycles. The van der Waals surface area contributed by atoms with Crippen molar-refractivity contribution in [2.24, 2.45) is 10.4 Å². The molecule has 3 rings (SSSR count). The van der Waals surface area contributed by atoms with Gasteiger partial charge in [-0.05, 0) is 37.3 Å². The van der Waals surface area contributed by atoms with E-state index in [1.807, 2.05) is 30.1 Å². The Morgan fingerprint density at radius 2 is 2.16 bits per heavy atom. The highest BCUT2D eigenvalue weighted by Gasteiger charge is 2.36. The molecule has 1 unspecified atom stereocenters. The normalized spacial score (nSPS) is 23.1. The number of aliphatic imine (C=N–C) groups is 1. The zero-order valence-electron chi connectivity index (χ0n) is 11.4. The van der Waals surface area contributed by atoms with Crippen LogP contribution < -0.4 is 5.32 Å². The molecular weight excluding hydrogens is 254 g/mol. The standard InChI is InChI=1S/C15H21N3S/c1-12(13-6-2-5-9-16-13)18-14-17-10-15(11-19-14)7-3-4-8-15/h2,5-6,9,12H,3-4,7-8,10-11H2,1H3,(H,17,18). The number of pyridine rings is 1. The smallest absolute Gasteiger partial charge is 0.157 e. The number of nitrogens with one attached hydrogen (secondary N) is 1. The van der Waals surface area contributed by atoms with E-state index >= 15 is 0 Å². The molecule has 1 aliphatic heterocycles. The molecule has 0 bridgehead atoms. The molecule has 1 aromatic rings. The number of aromatic nitrogens is 1. The summed E-state index contributed by atoms with van der Waals surface area (Å²) in [4.78, 5) is 9.16. The summed E-state index contributed by atoms with van der Waals surface area (Å²) >= 11 is 1.89. The Kier molecular flexibility index (Phi) is 3.78. The highest BCUT2D eigenvalue weighted by molar-refractivity contribution is 8.13. The lowest BCUT2D eigenvalue weighted by Crippen LogP contribution is -2.34. The van der Waals surface area contributed by atoms with Gasteiger partial charge in [-0.25, -0.2) is 0 Å². The molecule has 4 heteroatoms. The van der Waals surface area contributed by atoms with Crippen LogP contribution in [0.15, 0.2) is 29.4 Å². The van der Waals surface area contributed by atoms with Crippen molar-refractivity contribution in [3.63, 3.8) is 0 Å². The van der Waals surface area contributed by atoms with Crippen molar-refractivity contribution in [3.8, 4) is 0 Å². The van der Waals surface area contributed by atoms with Gasteiger partial charge in [0, 0.05) is 18.5 Å². The topological polar surface area (TPSA) is 37.3 Å². The fourth-order valence-corrected chi connectivity index (χ4v) is 4.20. The molecule has 0 radical (unpaired) electrons. The van der Waals surface area contributed by atoms with Gasteiger partial charge < -0.3 is 5.32 Å². The second-order valence-electron chi connectivity index (χ2n) is 5.74. The number of nitrogens with zero attached hydrogens (tertiary/aromatic N) is 2. The molecule has 0 amide bonds. The molecule has 2 aliphatic rings. The Labute approximate surface area is 119 Å². The first-order valence-corrected chi connectivity index (χ1v) is 8.11. The molecule has 2 heterocycles. The Morgan fingerprint density at radius 3 is 2.79 bits per heavy atom. The first-order valence-electron chi connectivity index (χ1n) is 7.12. The number of thioether (sulfide) groups is 1. The van der Waals surface area contributed by atoms with Gasteiger partial charge in [0.25, 0.3) is 0 Å². The van der Waals surface area contributed by atoms with Crippen molar-refractivity contribution in [1.82, 2.24) is 10.3 Å². The van der Waals surface area contributed by atoms with Crippen LogP contribution in [0.4, 0.5) is 0 Å². The molecular formula is C15H21N3S. The maximum absolute atomic E-state index is 4.77. The first kappa shape index (κ1) is 13.0. The third-order valence-corrected chi connectivity index (χ3v) is 5.49. The summed E-state index contributed by atoms with van der Waals surface area (Å²) in [6, 6.07) is 6.27. The quantitative estimate of drug-likeness (QED) is 0.899. The van der Waals surface area contributed by atoms with Crippen molar-refractivity contribution in [3.05, 3.63) is 30.1 Å². The maximum Gasteiger partial charge on any atom is 0.157 e. The van der Waals surface area contributed by atoms with Crippen LogP contribution in [0.25, 0.3) is 0 Å². The van der Waals surface area contributed by atoms with Crippen LogP contribution in [0.2, 0.25) is 0 Å². The summed E-state index contributed by atoms with van der Waals surface area (Å²) in [6.07, 6.45) is 7.36. The summed E-state index contributed by atoms with van der Waals surface area (Å²) in [6.45, 7) is 3.16. The zero-order valence-corrected chi connectivity index (χ0v) is 12.2. The molecule has 0 saturated heterocycles. The number of hydrogen-bond acceptors (Lipinski definition) is 4. The van der Waals surface area contributed by atoms with Crippen molar-refractivity contribution < 1.29 is 0 Å². The van der Waals surface area contributed by atoms with E-state index in [1.54, 1.807) is 0 Å². The van der Waals surface area contributed by atoms with Crippen LogP contribution in [0.5, 0.6) is 0 Å². The third-order valence-electron chi connectivity index (χ3n) is 4.21. The molecule has 1 spiro atoms. The SMILES string of the molecule is CC(NC1=NCC2(CCCC2)CS1)c1ccccn1. The minimum atomic E-state index is 0.227. The fourth-order valence-electron chi connectivity index (χ4n) is 2.96. The van der Waals surface area contributed by atoms with Gasteiger partial charge in [-0.2, -0.15) is 0 Å². The van der Waals surface area contributed by atoms with E-state index in [-0.39, 0.29) is 6.04 Å². The second-order valence-corrected chi connectivity index (χ2v) is 6.70. The van der Waals surface area contributed by atoms with Gasteiger partial charge in [0.2, 0.25) is 0 Å². The van der Waals surface area contributed by atoms with Crippen molar-refractivity contribution in [2.75, 3.05) is 12.3 Å². The van der Waals surface area contributed by atoms with E-state index in [1.165, 1.54) is 31.4 Å². The van der Waals surface area contributed by atoms with Gasteiger partial charge in [-0.1, -0.05) is 30.7 Å². The molecule has 0 aromatic carbocycles. The van der Waals surface area contributed by atoms with E-state index < -0.39 is 0 Å². The molecule has 102 valence electrons. The Morgan fingerprint density at radius 1 is 1.32 bits per heavy atom. The lowest BCUT2D eigenvalue weighted by molar-refractivity contribution is 0.358. The summed E-state index contributed by atoms with van der Waals surface area (Å²) in [5.74, 6) is 1.23. The Hall–Kier alpha value is -1.03. The predicted octanol–water partition coefficient (Wildman–Crippen LogP) is 3.40. The lowest BCUT2D eigenvalue weighted by atomic mass is 9.89. The average Bonchev–Trinajstić information content (AvgIpc) is 2.91. The largest absolute Gasteiger partial charge is 0.357 e. The van der Waals surface area contributed by atoms with Gasteiger partial charge in [-0.3, -0.25) is 9.98 Å².